The SMILES string of the molecule is COC(C)CC1CCc2ccccc2C1O. The van der Waals surface area contributed by atoms with Gasteiger partial charge in [-0.1, -0.05) is 24.3 Å². The monoisotopic (exact) mass is 220 g/mol. The summed E-state index contributed by atoms with van der Waals surface area (Å²) >= 11 is 0. The number of aliphatic hydroxyl groups is 1. The van der Waals surface area contributed by atoms with E-state index in [1.54, 1.807) is 7.11 Å². The second kappa shape index (κ2) is 4.98. The van der Waals surface area contributed by atoms with Crippen LogP contribution in [0.25, 0.3) is 0 Å². The third kappa shape index (κ3) is 2.28. The number of benzene rings is 1. The van der Waals surface area contributed by atoms with Gasteiger partial charge in [-0.15, -0.1) is 0 Å². The standard InChI is InChI=1S/C14H20O2/c1-10(16-2)9-12-8-7-11-5-3-4-6-13(11)14(12)15/h3-6,10,12,14-15H,7-9H2,1-2H3. The number of fused-ring (bicyclic) bond motifs is 1. The van der Waals surface area contributed by atoms with Crippen molar-refractivity contribution in [1.29, 1.82) is 0 Å². The summed E-state index contributed by atoms with van der Waals surface area (Å²) in [7, 11) is 1.73. The molecule has 0 saturated heterocycles. The Hall–Kier alpha value is -0.860. The van der Waals surface area contributed by atoms with Gasteiger partial charge in [0.25, 0.3) is 0 Å². The predicted molar refractivity (Wildman–Crippen MR) is 64.3 cm³/mol. The fraction of sp³-hybridized carbons (Fsp3) is 0.571. The minimum absolute atomic E-state index is 0.227. The molecule has 88 valence electrons. The Morgan fingerprint density at radius 2 is 2.19 bits per heavy atom. The third-order valence-corrected chi connectivity index (χ3v) is 3.64. The van der Waals surface area contributed by atoms with E-state index < -0.39 is 0 Å². The van der Waals surface area contributed by atoms with Crippen LogP contribution in [0.4, 0.5) is 0 Å². The van der Waals surface area contributed by atoms with Gasteiger partial charge in [-0.05, 0) is 43.2 Å². The lowest BCUT2D eigenvalue weighted by atomic mass is 9.79. The van der Waals surface area contributed by atoms with Crippen LogP contribution < -0.4 is 0 Å². The molecule has 3 unspecified atom stereocenters. The van der Waals surface area contributed by atoms with Crippen molar-refractivity contribution in [2.45, 2.75) is 38.4 Å². The van der Waals surface area contributed by atoms with Crippen molar-refractivity contribution < 1.29 is 9.84 Å². The molecule has 1 aromatic rings. The second-order valence-electron chi connectivity index (χ2n) is 4.72. The molecule has 1 aliphatic rings. The largest absolute Gasteiger partial charge is 0.388 e. The first-order valence-corrected chi connectivity index (χ1v) is 6.01. The topological polar surface area (TPSA) is 29.5 Å². The summed E-state index contributed by atoms with van der Waals surface area (Å²) in [5.74, 6) is 0.338. The number of hydrogen-bond acceptors (Lipinski definition) is 2. The Kier molecular flexibility index (Phi) is 3.62. The van der Waals surface area contributed by atoms with Crippen LogP contribution in [0.2, 0.25) is 0 Å². The Balaban J connectivity index is 2.12. The Morgan fingerprint density at radius 1 is 1.44 bits per heavy atom. The summed E-state index contributed by atoms with van der Waals surface area (Å²) in [6, 6.07) is 8.21. The maximum Gasteiger partial charge on any atom is 0.0821 e. The van der Waals surface area contributed by atoms with Crippen molar-refractivity contribution in [1.82, 2.24) is 0 Å². The van der Waals surface area contributed by atoms with Crippen LogP contribution in [0.15, 0.2) is 24.3 Å². The van der Waals surface area contributed by atoms with E-state index >= 15 is 0 Å². The van der Waals surface area contributed by atoms with Crippen LogP contribution in [-0.4, -0.2) is 18.3 Å². The molecule has 0 spiro atoms. The van der Waals surface area contributed by atoms with Crippen LogP contribution in [0.1, 0.15) is 37.0 Å². The molecule has 0 heterocycles. The van der Waals surface area contributed by atoms with Crippen molar-refractivity contribution in [3.63, 3.8) is 0 Å². The highest BCUT2D eigenvalue weighted by Gasteiger charge is 2.28. The average Bonchev–Trinajstić information content (AvgIpc) is 2.33. The highest BCUT2D eigenvalue weighted by atomic mass is 16.5. The molecule has 2 heteroatoms. The lowest BCUT2D eigenvalue weighted by Crippen LogP contribution is -2.24. The van der Waals surface area contributed by atoms with E-state index in [1.807, 2.05) is 18.2 Å². The normalized spacial score (nSPS) is 26.2. The lowest BCUT2D eigenvalue weighted by Gasteiger charge is -2.31. The van der Waals surface area contributed by atoms with Crippen molar-refractivity contribution in [3.8, 4) is 0 Å². The molecule has 0 aromatic heterocycles. The van der Waals surface area contributed by atoms with Gasteiger partial charge in [0.05, 0.1) is 12.2 Å². The van der Waals surface area contributed by atoms with E-state index in [1.165, 1.54) is 5.56 Å². The van der Waals surface area contributed by atoms with Gasteiger partial charge in [0.1, 0.15) is 0 Å². The second-order valence-corrected chi connectivity index (χ2v) is 4.72. The quantitative estimate of drug-likeness (QED) is 0.848. The van der Waals surface area contributed by atoms with Crippen LogP contribution in [0, 0.1) is 5.92 Å². The minimum Gasteiger partial charge on any atom is -0.388 e. The Morgan fingerprint density at radius 3 is 2.94 bits per heavy atom. The van der Waals surface area contributed by atoms with Crippen molar-refractivity contribution in [2.75, 3.05) is 7.11 Å². The molecule has 0 amide bonds. The lowest BCUT2D eigenvalue weighted by molar-refractivity contribution is 0.0363. The molecule has 0 aliphatic heterocycles. The summed E-state index contributed by atoms with van der Waals surface area (Å²) in [6.07, 6.45) is 2.99. The Labute approximate surface area is 97.3 Å². The molecule has 0 saturated carbocycles. The fourth-order valence-electron chi connectivity index (χ4n) is 2.57. The summed E-state index contributed by atoms with van der Waals surface area (Å²) in [5.41, 5.74) is 2.42. The first-order valence-electron chi connectivity index (χ1n) is 6.01. The number of ether oxygens (including phenoxy) is 1. The molecule has 16 heavy (non-hydrogen) atoms. The molecule has 1 aromatic carbocycles. The minimum atomic E-state index is -0.317. The van der Waals surface area contributed by atoms with Gasteiger partial charge >= 0.3 is 0 Å². The number of rotatable bonds is 3. The van der Waals surface area contributed by atoms with Crippen molar-refractivity contribution >= 4 is 0 Å². The van der Waals surface area contributed by atoms with Gasteiger partial charge in [-0.25, -0.2) is 0 Å². The van der Waals surface area contributed by atoms with E-state index in [-0.39, 0.29) is 12.2 Å². The molecule has 0 fully saturated rings. The molecular formula is C14H20O2. The molecule has 0 radical (unpaired) electrons. The Bertz CT molecular complexity index is 348. The summed E-state index contributed by atoms with van der Waals surface area (Å²) in [6.45, 7) is 2.06. The molecule has 2 rings (SSSR count). The number of aliphatic hydroxyl groups excluding tert-OH is 1. The van der Waals surface area contributed by atoms with Crippen LogP contribution in [-0.2, 0) is 11.2 Å². The van der Waals surface area contributed by atoms with Gasteiger partial charge in [0.15, 0.2) is 0 Å². The van der Waals surface area contributed by atoms with Gasteiger partial charge in [-0.2, -0.15) is 0 Å². The maximum atomic E-state index is 10.3. The highest BCUT2D eigenvalue weighted by Crippen LogP contribution is 2.36. The molecule has 1 N–H and O–H groups in total. The van der Waals surface area contributed by atoms with Crippen molar-refractivity contribution in [2.24, 2.45) is 5.92 Å². The third-order valence-electron chi connectivity index (χ3n) is 3.64. The van der Waals surface area contributed by atoms with E-state index in [9.17, 15) is 5.11 Å². The van der Waals surface area contributed by atoms with E-state index in [0.717, 1.165) is 24.8 Å². The highest BCUT2D eigenvalue weighted by molar-refractivity contribution is 5.31. The fourth-order valence-corrected chi connectivity index (χ4v) is 2.57. The van der Waals surface area contributed by atoms with E-state index in [0.29, 0.717) is 5.92 Å². The number of methoxy groups -OCH3 is 1. The van der Waals surface area contributed by atoms with Gasteiger partial charge in [-0.3, -0.25) is 0 Å². The summed E-state index contributed by atoms with van der Waals surface area (Å²) in [4.78, 5) is 0. The first kappa shape index (κ1) is 11.6. The summed E-state index contributed by atoms with van der Waals surface area (Å²) < 4.78 is 5.28. The zero-order chi connectivity index (χ0) is 11.5. The van der Waals surface area contributed by atoms with Gasteiger partial charge < -0.3 is 9.84 Å². The molecule has 2 nitrogen and oxygen atoms in total. The summed E-state index contributed by atoms with van der Waals surface area (Å²) in [5, 5.41) is 10.3. The molecular weight excluding hydrogens is 200 g/mol. The molecule has 1 aliphatic carbocycles. The van der Waals surface area contributed by atoms with Crippen molar-refractivity contribution in [3.05, 3.63) is 35.4 Å². The van der Waals surface area contributed by atoms with Crippen LogP contribution >= 0.6 is 0 Å². The number of aryl methyl sites for hydroxylation is 1. The van der Waals surface area contributed by atoms with Gasteiger partial charge in [0.2, 0.25) is 0 Å². The predicted octanol–water partition coefficient (Wildman–Crippen LogP) is 2.71. The van der Waals surface area contributed by atoms with Gasteiger partial charge in [0, 0.05) is 7.11 Å². The maximum absolute atomic E-state index is 10.3. The van der Waals surface area contributed by atoms with Crippen LogP contribution in [0.5, 0.6) is 0 Å². The smallest absolute Gasteiger partial charge is 0.0821 e. The van der Waals surface area contributed by atoms with E-state index in [2.05, 4.69) is 13.0 Å². The van der Waals surface area contributed by atoms with Crippen LogP contribution in [0.3, 0.4) is 0 Å². The first-order chi connectivity index (χ1) is 7.72. The van der Waals surface area contributed by atoms with E-state index in [4.69, 9.17) is 4.74 Å². The zero-order valence-corrected chi connectivity index (χ0v) is 10.0. The number of hydrogen-bond donors (Lipinski definition) is 1. The average molecular weight is 220 g/mol. The molecule has 0 bridgehead atoms. The zero-order valence-electron chi connectivity index (χ0n) is 10.0. The molecule has 3 atom stereocenters.